The Hall–Kier alpha value is -2.42. The molecule has 1 saturated heterocycles. The second-order valence-corrected chi connectivity index (χ2v) is 10.2. The Bertz CT molecular complexity index is 1010. The van der Waals surface area contributed by atoms with Crippen molar-refractivity contribution in [1.82, 2.24) is 15.1 Å². The summed E-state index contributed by atoms with van der Waals surface area (Å²) < 4.78 is 28.1. The van der Waals surface area contributed by atoms with E-state index in [0.29, 0.717) is 17.8 Å². The first-order valence-electron chi connectivity index (χ1n) is 11.1. The number of carbonyl (C=O) groups excluding carboxylic acids is 1. The second kappa shape index (κ2) is 10.9. The van der Waals surface area contributed by atoms with E-state index in [4.69, 9.17) is 0 Å². The lowest BCUT2D eigenvalue weighted by atomic mass is 10.1. The zero-order valence-electron chi connectivity index (χ0n) is 19.2. The van der Waals surface area contributed by atoms with Gasteiger partial charge < -0.3 is 15.1 Å². The molecule has 0 atom stereocenters. The number of likely N-dealkylation sites (N-methyl/N-ethyl adjacent to an activating group) is 1. The molecule has 1 heterocycles. The number of hydrogen-bond acceptors (Lipinski definition) is 5. The van der Waals surface area contributed by atoms with Crippen LogP contribution in [0.2, 0.25) is 0 Å². The number of benzene rings is 2. The van der Waals surface area contributed by atoms with Crippen molar-refractivity contribution in [3.63, 3.8) is 0 Å². The molecule has 2 N–H and O–H groups in total. The number of anilines is 1. The van der Waals surface area contributed by atoms with Crippen LogP contribution < -0.4 is 10.0 Å². The van der Waals surface area contributed by atoms with E-state index in [1.807, 2.05) is 26.0 Å². The van der Waals surface area contributed by atoms with Gasteiger partial charge >= 0.3 is 0 Å². The fraction of sp³-hybridized carbons (Fsp3) is 0.458. The van der Waals surface area contributed by atoms with Crippen LogP contribution >= 0.6 is 0 Å². The molecule has 1 aliphatic heterocycles. The molecule has 0 unspecified atom stereocenters. The van der Waals surface area contributed by atoms with Gasteiger partial charge in [0.25, 0.3) is 15.9 Å². The van der Waals surface area contributed by atoms with Crippen molar-refractivity contribution in [2.45, 2.75) is 31.6 Å². The van der Waals surface area contributed by atoms with Gasteiger partial charge in [0.1, 0.15) is 0 Å². The van der Waals surface area contributed by atoms with E-state index in [9.17, 15) is 13.2 Å². The molecule has 1 amide bonds. The summed E-state index contributed by atoms with van der Waals surface area (Å²) >= 11 is 0. The van der Waals surface area contributed by atoms with Crippen LogP contribution in [0.25, 0.3) is 0 Å². The lowest BCUT2D eigenvalue weighted by Crippen LogP contribution is -2.44. The highest BCUT2D eigenvalue weighted by Crippen LogP contribution is 2.22. The molecule has 2 aromatic rings. The largest absolute Gasteiger partial charge is 0.352 e. The van der Waals surface area contributed by atoms with Gasteiger partial charge in [0.15, 0.2) is 0 Å². The highest BCUT2D eigenvalue weighted by molar-refractivity contribution is 7.92. The maximum Gasteiger partial charge on any atom is 0.261 e. The standard InChI is InChI=1S/C24H34N4O3S/c1-19-7-6-8-23(20(19)2)26-32(30,31)22-11-9-21(10-12-22)24(29)25-13-4-5-14-28-17-15-27(3)16-18-28/h6-12,26H,4-5,13-18H2,1-3H3,(H,25,29). The molecule has 1 fully saturated rings. The average molecular weight is 459 g/mol. The van der Waals surface area contributed by atoms with Crippen molar-refractivity contribution in [2.75, 3.05) is 51.0 Å². The number of nitrogens with one attached hydrogen (secondary N) is 2. The molecular formula is C24H34N4O3S. The van der Waals surface area contributed by atoms with Crippen molar-refractivity contribution >= 4 is 21.6 Å². The monoisotopic (exact) mass is 458 g/mol. The third-order valence-corrected chi connectivity index (χ3v) is 7.44. The Morgan fingerprint density at radius 3 is 2.34 bits per heavy atom. The summed E-state index contributed by atoms with van der Waals surface area (Å²) in [6.45, 7) is 9.93. The maximum atomic E-state index is 12.7. The first-order valence-corrected chi connectivity index (χ1v) is 12.6. The molecule has 1 aliphatic rings. The summed E-state index contributed by atoms with van der Waals surface area (Å²) in [5.41, 5.74) is 2.92. The summed E-state index contributed by atoms with van der Waals surface area (Å²) in [7, 11) is -1.57. The van der Waals surface area contributed by atoms with Gasteiger partial charge in [0.05, 0.1) is 10.6 Å². The lowest BCUT2D eigenvalue weighted by Gasteiger charge is -2.32. The zero-order valence-corrected chi connectivity index (χ0v) is 20.0. The SMILES string of the molecule is Cc1cccc(NS(=O)(=O)c2ccc(C(=O)NCCCCN3CCN(C)CC3)cc2)c1C. The minimum atomic E-state index is -3.72. The number of rotatable bonds is 9. The van der Waals surface area contributed by atoms with Crippen molar-refractivity contribution in [2.24, 2.45) is 0 Å². The van der Waals surface area contributed by atoms with E-state index < -0.39 is 10.0 Å². The van der Waals surface area contributed by atoms with Crippen LogP contribution in [0.3, 0.4) is 0 Å². The Morgan fingerprint density at radius 1 is 0.969 bits per heavy atom. The minimum absolute atomic E-state index is 0.127. The molecule has 174 valence electrons. The second-order valence-electron chi connectivity index (χ2n) is 8.49. The van der Waals surface area contributed by atoms with E-state index >= 15 is 0 Å². The number of hydrogen-bond donors (Lipinski definition) is 2. The Balaban J connectivity index is 1.47. The third-order valence-electron chi connectivity index (χ3n) is 6.06. The van der Waals surface area contributed by atoms with Gasteiger partial charge in [0.2, 0.25) is 0 Å². The summed E-state index contributed by atoms with van der Waals surface area (Å²) in [6, 6.07) is 11.5. The van der Waals surface area contributed by atoms with Gasteiger partial charge in [0, 0.05) is 38.3 Å². The highest BCUT2D eigenvalue weighted by Gasteiger charge is 2.17. The van der Waals surface area contributed by atoms with Gasteiger partial charge in [-0.05, 0) is 81.7 Å². The van der Waals surface area contributed by atoms with E-state index in [1.54, 1.807) is 18.2 Å². The van der Waals surface area contributed by atoms with Crippen LogP contribution in [-0.2, 0) is 10.0 Å². The lowest BCUT2D eigenvalue weighted by molar-refractivity contribution is 0.0951. The number of carbonyl (C=O) groups is 1. The predicted octanol–water partition coefficient (Wildman–Crippen LogP) is 2.86. The zero-order chi connectivity index (χ0) is 23.1. The van der Waals surface area contributed by atoms with E-state index in [-0.39, 0.29) is 10.8 Å². The van der Waals surface area contributed by atoms with Crippen molar-refractivity contribution < 1.29 is 13.2 Å². The van der Waals surface area contributed by atoms with E-state index in [1.165, 1.54) is 12.1 Å². The predicted molar refractivity (Wildman–Crippen MR) is 129 cm³/mol. The molecule has 32 heavy (non-hydrogen) atoms. The van der Waals surface area contributed by atoms with Crippen molar-refractivity contribution in [3.8, 4) is 0 Å². The maximum absolute atomic E-state index is 12.7. The van der Waals surface area contributed by atoms with Crippen LogP contribution in [0.1, 0.15) is 34.3 Å². The van der Waals surface area contributed by atoms with Gasteiger partial charge in [-0.3, -0.25) is 9.52 Å². The Kier molecular flexibility index (Phi) is 8.28. The van der Waals surface area contributed by atoms with Crippen LogP contribution in [-0.4, -0.2) is 70.4 Å². The normalized spacial score (nSPS) is 15.5. The fourth-order valence-electron chi connectivity index (χ4n) is 3.69. The third kappa shape index (κ3) is 6.54. The van der Waals surface area contributed by atoms with Crippen LogP contribution in [0.5, 0.6) is 0 Å². The van der Waals surface area contributed by atoms with E-state index in [0.717, 1.165) is 56.7 Å². The highest BCUT2D eigenvalue weighted by atomic mass is 32.2. The number of aryl methyl sites for hydroxylation is 1. The number of sulfonamides is 1. The number of amides is 1. The first kappa shape index (κ1) is 24.2. The molecule has 8 heteroatoms. The van der Waals surface area contributed by atoms with Gasteiger partial charge in [-0.1, -0.05) is 12.1 Å². The Morgan fingerprint density at radius 2 is 1.66 bits per heavy atom. The van der Waals surface area contributed by atoms with E-state index in [2.05, 4.69) is 26.9 Å². The first-order chi connectivity index (χ1) is 15.3. The van der Waals surface area contributed by atoms with Gasteiger partial charge in [-0.2, -0.15) is 0 Å². The molecule has 0 saturated carbocycles. The molecule has 0 spiro atoms. The van der Waals surface area contributed by atoms with Crippen LogP contribution in [0, 0.1) is 13.8 Å². The van der Waals surface area contributed by atoms with Gasteiger partial charge in [-0.25, -0.2) is 8.42 Å². The number of piperazine rings is 1. The molecule has 2 aromatic carbocycles. The van der Waals surface area contributed by atoms with Gasteiger partial charge in [-0.15, -0.1) is 0 Å². The molecule has 7 nitrogen and oxygen atoms in total. The average Bonchev–Trinajstić information content (AvgIpc) is 2.78. The molecule has 0 aliphatic carbocycles. The number of unbranched alkanes of at least 4 members (excludes halogenated alkanes) is 1. The molecular weight excluding hydrogens is 424 g/mol. The van der Waals surface area contributed by atoms with Crippen molar-refractivity contribution in [3.05, 3.63) is 59.2 Å². The molecule has 0 aromatic heterocycles. The molecule has 3 rings (SSSR count). The molecule has 0 radical (unpaired) electrons. The Labute approximate surface area is 191 Å². The minimum Gasteiger partial charge on any atom is -0.352 e. The fourth-order valence-corrected chi connectivity index (χ4v) is 4.81. The molecule has 0 bridgehead atoms. The van der Waals surface area contributed by atoms with Crippen LogP contribution in [0.4, 0.5) is 5.69 Å². The van der Waals surface area contributed by atoms with Crippen LogP contribution in [0.15, 0.2) is 47.4 Å². The summed E-state index contributed by atoms with van der Waals surface area (Å²) in [6.07, 6.45) is 1.97. The summed E-state index contributed by atoms with van der Waals surface area (Å²) in [4.78, 5) is 17.3. The topological polar surface area (TPSA) is 81.7 Å². The summed E-state index contributed by atoms with van der Waals surface area (Å²) in [5.74, 6) is -0.184. The number of nitrogens with zero attached hydrogens (tertiary/aromatic N) is 2. The smallest absolute Gasteiger partial charge is 0.261 e. The summed E-state index contributed by atoms with van der Waals surface area (Å²) in [5, 5.41) is 2.92. The quantitative estimate of drug-likeness (QED) is 0.565. The van der Waals surface area contributed by atoms with Crippen molar-refractivity contribution in [1.29, 1.82) is 0 Å².